The molecule has 1 heterocycles. The van der Waals surface area contributed by atoms with E-state index in [4.69, 9.17) is 5.73 Å². The third-order valence-electron chi connectivity index (χ3n) is 2.53. The second-order valence-electron chi connectivity index (χ2n) is 3.85. The van der Waals surface area contributed by atoms with Crippen LogP contribution in [-0.2, 0) is 0 Å². The highest BCUT2D eigenvalue weighted by Gasteiger charge is 2.11. The predicted molar refractivity (Wildman–Crippen MR) is 68.1 cm³/mol. The van der Waals surface area contributed by atoms with Gasteiger partial charge in [-0.05, 0) is 31.5 Å². The number of nitrogens with two attached hydrogens (primary N) is 1. The number of aryl methyl sites for hydroxylation is 2. The summed E-state index contributed by atoms with van der Waals surface area (Å²) in [4.78, 5) is 13.2. The van der Waals surface area contributed by atoms with Crippen molar-refractivity contribution in [2.75, 3.05) is 5.73 Å². The summed E-state index contributed by atoms with van der Waals surface area (Å²) < 4.78 is 0. The quantitative estimate of drug-likeness (QED) is 0.637. The van der Waals surface area contributed by atoms with Crippen LogP contribution in [0, 0.1) is 13.8 Å². The van der Waals surface area contributed by atoms with Gasteiger partial charge >= 0.3 is 0 Å². The molecule has 0 unspecified atom stereocenters. The third kappa shape index (κ3) is 1.99. The first-order valence-corrected chi connectivity index (χ1v) is 5.92. The molecular weight excluding hydrogens is 218 g/mol. The Morgan fingerprint density at radius 2 is 1.94 bits per heavy atom. The fraction of sp³-hybridized carbons (Fsp3) is 0.154. The fourth-order valence-electron chi connectivity index (χ4n) is 1.51. The van der Waals surface area contributed by atoms with Gasteiger partial charge in [0.25, 0.3) is 0 Å². The van der Waals surface area contributed by atoms with Gasteiger partial charge < -0.3 is 5.73 Å². The average molecular weight is 231 g/mol. The molecule has 0 radical (unpaired) electrons. The first-order chi connectivity index (χ1) is 7.58. The summed E-state index contributed by atoms with van der Waals surface area (Å²) in [5, 5.41) is 1.88. The number of ketones is 1. The lowest BCUT2D eigenvalue weighted by molar-refractivity contribution is 0.103. The summed E-state index contributed by atoms with van der Waals surface area (Å²) in [5.41, 5.74) is 8.85. The van der Waals surface area contributed by atoms with Gasteiger partial charge in [-0.2, -0.15) is 0 Å². The normalized spacial score (nSPS) is 10.4. The summed E-state index contributed by atoms with van der Waals surface area (Å²) in [6, 6.07) is 7.34. The molecule has 0 aliphatic carbocycles. The Labute approximate surface area is 98.7 Å². The van der Waals surface area contributed by atoms with Gasteiger partial charge in [-0.25, -0.2) is 0 Å². The van der Waals surface area contributed by atoms with Crippen molar-refractivity contribution in [1.29, 1.82) is 0 Å². The van der Waals surface area contributed by atoms with Crippen LogP contribution in [0.2, 0.25) is 0 Å². The van der Waals surface area contributed by atoms with Gasteiger partial charge in [-0.3, -0.25) is 4.79 Å². The van der Waals surface area contributed by atoms with E-state index in [9.17, 15) is 4.79 Å². The minimum absolute atomic E-state index is 0.0380. The SMILES string of the molecule is Cc1cc(C(=O)c2ccc(C)c(N)c2)cs1. The Bertz CT molecular complexity index is 543. The van der Waals surface area contributed by atoms with E-state index in [1.165, 1.54) is 0 Å². The molecular formula is C13H13NOS. The molecule has 2 aromatic rings. The molecule has 2 N–H and O–H groups in total. The van der Waals surface area contributed by atoms with E-state index in [1.807, 2.05) is 37.4 Å². The number of nitrogen functional groups attached to an aromatic ring is 1. The second kappa shape index (κ2) is 4.10. The van der Waals surface area contributed by atoms with E-state index >= 15 is 0 Å². The second-order valence-corrected chi connectivity index (χ2v) is 4.96. The molecule has 1 aromatic carbocycles. The maximum absolute atomic E-state index is 12.1. The number of carbonyl (C=O) groups is 1. The molecule has 2 rings (SSSR count). The summed E-state index contributed by atoms with van der Waals surface area (Å²) in [6.45, 7) is 3.92. The summed E-state index contributed by atoms with van der Waals surface area (Å²) >= 11 is 1.58. The molecule has 0 amide bonds. The van der Waals surface area contributed by atoms with Gasteiger partial charge in [0.1, 0.15) is 0 Å². The van der Waals surface area contributed by atoms with Crippen LogP contribution in [0.5, 0.6) is 0 Å². The largest absolute Gasteiger partial charge is 0.398 e. The van der Waals surface area contributed by atoms with E-state index in [1.54, 1.807) is 17.4 Å². The monoisotopic (exact) mass is 231 g/mol. The highest BCUT2D eigenvalue weighted by molar-refractivity contribution is 7.10. The standard InChI is InChI=1S/C13H13NOS/c1-8-3-4-10(6-12(8)14)13(15)11-5-9(2)16-7-11/h3-7H,14H2,1-2H3. The molecule has 0 saturated carbocycles. The summed E-state index contributed by atoms with van der Waals surface area (Å²) in [6.07, 6.45) is 0. The van der Waals surface area contributed by atoms with Crippen molar-refractivity contribution in [3.8, 4) is 0 Å². The molecule has 0 bridgehead atoms. The van der Waals surface area contributed by atoms with Gasteiger partial charge in [-0.1, -0.05) is 12.1 Å². The lowest BCUT2D eigenvalue weighted by Crippen LogP contribution is -2.01. The number of thiophene rings is 1. The van der Waals surface area contributed by atoms with Crippen molar-refractivity contribution in [1.82, 2.24) is 0 Å². The molecule has 1 aromatic heterocycles. The number of anilines is 1. The molecule has 82 valence electrons. The van der Waals surface area contributed by atoms with E-state index in [0.717, 1.165) is 16.0 Å². The highest BCUT2D eigenvalue weighted by Crippen LogP contribution is 2.19. The maximum atomic E-state index is 12.1. The van der Waals surface area contributed by atoms with E-state index in [0.29, 0.717) is 11.3 Å². The van der Waals surface area contributed by atoms with Crippen LogP contribution in [-0.4, -0.2) is 5.78 Å². The Hall–Kier alpha value is -1.61. The Balaban J connectivity index is 2.38. The first kappa shape index (κ1) is 10.9. The Kier molecular flexibility index (Phi) is 2.79. The van der Waals surface area contributed by atoms with Crippen LogP contribution in [0.15, 0.2) is 29.6 Å². The molecule has 0 saturated heterocycles. The van der Waals surface area contributed by atoms with Crippen molar-refractivity contribution >= 4 is 22.8 Å². The van der Waals surface area contributed by atoms with Crippen molar-refractivity contribution in [2.24, 2.45) is 0 Å². The van der Waals surface area contributed by atoms with Crippen LogP contribution in [0.3, 0.4) is 0 Å². The molecule has 0 aliphatic heterocycles. The van der Waals surface area contributed by atoms with Crippen molar-refractivity contribution in [3.63, 3.8) is 0 Å². The van der Waals surface area contributed by atoms with Gasteiger partial charge in [-0.15, -0.1) is 11.3 Å². The number of hydrogen-bond donors (Lipinski definition) is 1. The maximum Gasteiger partial charge on any atom is 0.193 e. The third-order valence-corrected chi connectivity index (χ3v) is 3.40. The van der Waals surface area contributed by atoms with Gasteiger partial charge in [0.2, 0.25) is 0 Å². The lowest BCUT2D eigenvalue weighted by Gasteiger charge is -2.03. The number of rotatable bonds is 2. The summed E-state index contributed by atoms with van der Waals surface area (Å²) in [7, 11) is 0. The van der Waals surface area contributed by atoms with Crippen molar-refractivity contribution in [3.05, 3.63) is 51.2 Å². The number of benzene rings is 1. The molecule has 16 heavy (non-hydrogen) atoms. The van der Waals surface area contributed by atoms with Crippen LogP contribution in [0.4, 0.5) is 5.69 Å². The molecule has 2 nitrogen and oxygen atoms in total. The molecule has 3 heteroatoms. The zero-order valence-electron chi connectivity index (χ0n) is 9.28. The molecule has 0 atom stereocenters. The minimum atomic E-state index is 0.0380. The van der Waals surface area contributed by atoms with E-state index < -0.39 is 0 Å². The zero-order valence-corrected chi connectivity index (χ0v) is 10.1. The predicted octanol–water partition coefficient (Wildman–Crippen LogP) is 3.18. The van der Waals surface area contributed by atoms with Gasteiger partial charge in [0, 0.05) is 27.1 Å². The number of carbonyl (C=O) groups excluding carboxylic acids is 1. The van der Waals surface area contributed by atoms with Crippen molar-refractivity contribution < 1.29 is 4.79 Å². The van der Waals surface area contributed by atoms with Crippen LogP contribution in [0.1, 0.15) is 26.4 Å². The molecule has 0 aliphatic rings. The Morgan fingerprint density at radius 3 is 2.50 bits per heavy atom. The molecule has 0 fully saturated rings. The summed E-state index contributed by atoms with van der Waals surface area (Å²) in [5.74, 6) is 0.0380. The average Bonchev–Trinajstić information content (AvgIpc) is 2.68. The zero-order chi connectivity index (χ0) is 11.7. The van der Waals surface area contributed by atoms with Gasteiger partial charge in [0.05, 0.1) is 0 Å². The Morgan fingerprint density at radius 1 is 1.19 bits per heavy atom. The van der Waals surface area contributed by atoms with E-state index in [2.05, 4.69) is 0 Å². The van der Waals surface area contributed by atoms with Gasteiger partial charge in [0.15, 0.2) is 5.78 Å². The van der Waals surface area contributed by atoms with Crippen molar-refractivity contribution in [2.45, 2.75) is 13.8 Å². The topological polar surface area (TPSA) is 43.1 Å². The lowest BCUT2D eigenvalue weighted by atomic mass is 10.0. The fourth-order valence-corrected chi connectivity index (χ4v) is 2.19. The number of hydrogen-bond acceptors (Lipinski definition) is 3. The first-order valence-electron chi connectivity index (χ1n) is 5.04. The highest BCUT2D eigenvalue weighted by atomic mass is 32.1. The van der Waals surface area contributed by atoms with Crippen LogP contribution < -0.4 is 5.73 Å². The minimum Gasteiger partial charge on any atom is -0.398 e. The van der Waals surface area contributed by atoms with E-state index in [-0.39, 0.29) is 5.78 Å². The molecule has 0 spiro atoms. The van der Waals surface area contributed by atoms with Crippen LogP contribution >= 0.6 is 11.3 Å². The van der Waals surface area contributed by atoms with Crippen LogP contribution in [0.25, 0.3) is 0 Å². The smallest absolute Gasteiger partial charge is 0.193 e.